The van der Waals surface area contributed by atoms with Crippen molar-refractivity contribution in [3.05, 3.63) is 15.9 Å². The summed E-state index contributed by atoms with van der Waals surface area (Å²) >= 11 is 3.63. The molecule has 1 fully saturated rings. The van der Waals surface area contributed by atoms with Crippen molar-refractivity contribution < 1.29 is 0 Å². The molecular weight excluding hydrogens is 328 g/mol. The summed E-state index contributed by atoms with van der Waals surface area (Å²) in [6.07, 6.45) is 1.07. The highest BCUT2D eigenvalue weighted by atomic mass is 79.9. The molecule has 1 aliphatic heterocycles. The molecule has 110 valence electrons. The topological polar surface area (TPSA) is 47.1 Å². The van der Waals surface area contributed by atoms with Crippen molar-refractivity contribution in [2.24, 2.45) is 18.2 Å². The summed E-state index contributed by atoms with van der Waals surface area (Å²) in [5.41, 5.74) is 8.68. The Morgan fingerprint density at radius 2 is 2.11 bits per heavy atom. The third kappa shape index (κ3) is 3.51. The first-order valence-corrected chi connectivity index (χ1v) is 7.26. The van der Waals surface area contributed by atoms with Crippen molar-refractivity contribution in [2.75, 3.05) is 13.1 Å². The van der Waals surface area contributed by atoms with E-state index in [0.717, 1.165) is 36.2 Å². The summed E-state index contributed by atoms with van der Waals surface area (Å²) in [6, 6.07) is 0.311. The molecule has 4 nitrogen and oxygen atoms in total. The number of aromatic nitrogens is 2. The molecular formula is C13H24BrClN4. The zero-order valence-electron chi connectivity index (χ0n) is 12.1. The van der Waals surface area contributed by atoms with Crippen LogP contribution in [0.4, 0.5) is 0 Å². The number of piperidine rings is 1. The Kier molecular flexibility index (Phi) is 5.46. The lowest BCUT2D eigenvalue weighted by Crippen LogP contribution is -2.52. The van der Waals surface area contributed by atoms with Crippen LogP contribution in [0.5, 0.6) is 0 Å². The highest BCUT2D eigenvalue weighted by molar-refractivity contribution is 9.10. The average molecular weight is 352 g/mol. The van der Waals surface area contributed by atoms with Gasteiger partial charge in [-0.3, -0.25) is 9.58 Å². The zero-order valence-corrected chi connectivity index (χ0v) is 14.5. The number of nitrogens with two attached hydrogens (primary N) is 1. The van der Waals surface area contributed by atoms with Crippen molar-refractivity contribution in [2.45, 2.75) is 39.8 Å². The molecule has 1 atom stereocenters. The van der Waals surface area contributed by atoms with Gasteiger partial charge in [-0.25, -0.2) is 0 Å². The molecule has 0 aliphatic carbocycles. The number of likely N-dealkylation sites (tertiary alicyclic amines) is 1. The largest absolute Gasteiger partial charge is 0.327 e. The molecule has 1 aromatic heterocycles. The lowest BCUT2D eigenvalue weighted by molar-refractivity contribution is 0.0878. The van der Waals surface area contributed by atoms with E-state index in [-0.39, 0.29) is 17.8 Å². The maximum absolute atomic E-state index is 6.18. The predicted octanol–water partition coefficient (Wildman–Crippen LogP) is 2.47. The molecule has 0 bridgehead atoms. The Morgan fingerprint density at radius 3 is 2.58 bits per heavy atom. The molecule has 2 rings (SSSR count). The molecule has 0 spiro atoms. The van der Waals surface area contributed by atoms with Gasteiger partial charge in [-0.15, -0.1) is 12.4 Å². The number of hydrogen-bond acceptors (Lipinski definition) is 3. The Labute approximate surface area is 130 Å². The lowest BCUT2D eigenvalue weighted by atomic mass is 9.79. The minimum absolute atomic E-state index is 0. The molecule has 1 unspecified atom stereocenters. The first-order chi connectivity index (χ1) is 8.31. The van der Waals surface area contributed by atoms with E-state index in [2.05, 4.69) is 39.8 Å². The maximum atomic E-state index is 6.18. The van der Waals surface area contributed by atoms with Crippen LogP contribution in [-0.2, 0) is 13.6 Å². The maximum Gasteiger partial charge on any atom is 0.0739 e. The van der Waals surface area contributed by atoms with Gasteiger partial charge in [0.1, 0.15) is 0 Å². The molecule has 6 heteroatoms. The van der Waals surface area contributed by atoms with Gasteiger partial charge in [0.05, 0.1) is 15.9 Å². The van der Waals surface area contributed by atoms with E-state index < -0.39 is 0 Å². The SMILES string of the molecule is Cc1nn(C)c(CN2CCC(N)C(C)(C)C2)c1Br.Cl. The molecule has 2 N–H and O–H groups in total. The highest BCUT2D eigenvalue weighted by Gasteiger charge is 2.33. The zero-order chi connectivity index (χ0) is 13.5. The van der Waals surface area contributed by atoms with Crippen LogP contribution in [0.3, 0.4) is 0 Å². The van der Waals surface area contributed by atoms with Crippen molar-refractivity contribution in [3.63, 3.8) is 0 Å². The highest BCUT2D eigenvalue weighted by Crippen LogP contribution is 2.30. The molecule has 19 heavy (non-hydrogen) atoms. The first kappa shape index (κ1) is 17.0. The van der Waals surface area contributed by atoms with Crippen LogP contribution in [0, 0.1) is 12.3 Å². The fourth-order valence-electron chi connectivity index (χ4n) is 2.68. The minimum atomic E-state index is 0. The smallest absolute Gasteiger partial charge is 0.0739 e. The number of aryl methyl sites for hydroxylation is 2. The first-order valence-electron chi connectivity index (χ1n) is 6.47. The van der Waals surface area contributed by atoms with Crippen LogP contribution < -0.4 is 5.73 Å². The molecule has 2 heterocycles. The van der Waals surface area contributed by atoms with Gasteiger partial charge in [0.2, 0.25) is 0 Å². The molecule has 1 aromatic rings. The van der Waals surface area contributed by atoms with Crippen LogP contribution in [0.25, 0.3) is 0 Å². The average Bonchev–Trinajstić information content (AvgIpc) is 2.50. The van der Waals surface area contributed by atoms with E-state index in [1.165, 1.54) is 5.69 Å². The summed E-state index contributed by atoms with van der Waals surface area (Å²) in [5, 5.41) is 4.45. The van der Waals surface area contributed by atoms with E-state index in [9.17, 15) is 0 Å². The number of halogens is 2. The molecule has 1 aliphatic rings. The fourth-order valence-corrected chi connectivity index (χ4v) is 3.14. The monoisotopic (exact) mass is 350 g/mol. The molecule has 0 amide bonds. The van der Waals surface area contributed by atoms with Crippen LogP contribution in [0.1, 0.15) is 31.7 Å². The van der Waals surface area contributed by atoms with Crippen LogP contribution in [0.15, 0.2) is 4.47 Å². The van der Waals surface area contributed by atoms with E-state index >= 15 is 0 Å². The molecule has 0 aromatic carbocycles. The van der Waals surface area contributed by atoms with Gasteiger partial charge in [0.25, 0.3) is 0 Å². The summed E-state index contributed by atoms with van der Waals surface area (Å²) in [4.78, 5) is 2.48. The van der Waals surface area contributed by atoms with Gasteiger partial charge in [-0.05, 0) is 34.7 Å². The predicted molar refractivity (Wildman–Crippen MR) is 84.5 cm³/mol. The quantitative estimate of drug-likeness (QED) is 0.890. The Morgan fingerprint density at radius 1 is 1.47 bits per heavy atom. The van der Waals surface area contributed by atoms with Gasteiger partial charge in [-0.2, -0.15) is 5.10 Å². The van der Waals surface area contributed by atoms with E-state index in [1.54, 1.807) is 0 Å². The van der Waals surface area contributed by atoms with Crippen molar-refractivity contribution in [1.82, 2.24) is 14.7 Å². The van der Waals surface area contributed by atoms with Crippen LogP contribution >= 0.6 is 28.3 Å². The Hall–Kier alpha value is -0.100. The second-order valence-electron chi connectivity index (χ2n) is 6.06. The van der Waals surface area contributed by atoms with Crippen LogP contribution in [-0.4, -0.2) is 33.8 Å². The van der Waals surface area contributed by atoms with Gasteiger partial charge in [0.15, 0.2) is 0 Å². The number of rotatable bonds is 2. The Balaban J connectivity index is 0.00000180. The van der Waals surface area contributed by atoms with E-state index in [0.29, 0.717) is 6.04 Å². The fraction of sp³-hybridized carbons (Fsp3) is 0.769. The normalized spacial score (nSPS) is 23.2. The molecule has 0 radical (unpaired) electrons. The van der Waals surface area contributed by atoms with Crippen molar-refractivity contribution >= 4 is 28.3 Å². The third-order valence-corrected chi connectivity index (χ3v) is 5.06. The number of hydrogen-bond donors (Lipinski definition) is 1. The number of nitrogens with zero attached hydrogens (tertiary/aromatic N) is 3. The molecule has 1 saturated heterocycles. The van der Waals surface area contributed by atoms with Gasteiger partial charge in [-0.1, -0.05) is 13.8 Å². The van der Waals surface area contributed by atoms with Gasteiger partial charge < -0.3 is 5.73 Å². The van der Waals surface area contributed by atoms with Gasteiger partial charge >= 0.3 is 0 Å². The summed E-state index contributed by atoms with van der Waals surface area (Å²) in [5.74, 6) is 0. The van der Waals surface area contributed by atoms with Crippen LogP contribution in [0.2, 0.25) is 0 Å². The van der Waals surface area contributed by atoms with Gasteiger partial charge in [0, 0.05) is 32.7 Å². The van der Waals surface area contributed by atoms with E-state index in [4.69, 9.17) is 5.73 Å². The minimum Gasteiger partial charge on any atom is -0.327 e. The van der Waals surface area contributed by atoms with Crippen molar-refractivity contribution in [1.29, 1.82) is 0 Å². The third-order valence-electron chi connectivity index (χ3n) is 4.03. The second kappa shape index (κ2) is 6.12. The van der Waals surface area contributed by atoms with Crippen molar-refractivity contribution in [3.8, 4) is 0 Å². The standard InChI is InChI=1S/C13H23BrN4.ClH/c1-9-12(14)10(17(4)16-9)7-18-6-5-11(15)13(2,3)8-18;/h11H,5-8,15H2,1-4H3;1H. The summed E-state index contributed by atoms with van der Waals surface area (Å²) in [6.45, 7) is 9.60. The summed E-state index contributed by atoms with van der Waals surface area (Å²) in [7, 11) is 2.01. The van der Waals surface area contributed by atoms with E-state index in [1.807, 2.05) is 18.7 Å². The second-order valence-corrected chi connectivity index (χ2v) is 6.86. The molecule has 0 saturated carbocycles. The summed E-state index contributed by atoms with van der Waals surface area (Å²) < 4.78 is 3.11. The Bertz CT molecular complexity index is 444. The lowest BCUT2D eigenvalue weighted by Gasteiger charge is -2.42.